The van der Waals surface area contributed by atoms with E-state index in [0.29, 0.717) is 11.5 Å². The molecule has 0 heterocycles. The first kappa shape index (κ1) is 27.3. The zero-order chi connectivity index (χ0) is 23.3. The van der Waals surface area contributed by atoms with Crippen LogP contribution in [-0.4, -0.2) is 6.04 Å². The highest BCUT2D eigenvalue weighted by Gasteiger charge is 2.19. The van der Waals surface area contributed by atoms with Gasteiger partial charge in [0.25, 0.3) is 0 Å². The maximum atomic E-state index is 4.20. The summed E-state index contributed by atoms with van der Waals surface area (Å²) in [7, 11) is 0. The average molecular weight is 424 g/mol. The zero-order valence-corrected chi connectivity index (χ0v) is 21.4. The fourth-order valence-corrected chi connectivity index (χ4v) is 4.46. The number of aryl methyl sites for hydroxylation is 1. The van der Waals surface area contributed by atoms with Crippen LogP contribution in [0.4, 0.5) is 0 Å². The molecule has 0 aliphatic rings. The van der Waals surface area contributed by atoms with Gasteiger partial charge in [-0.2, -0.15) is 0 Å². The van der Waals surface area contributed by atoms with E-state index in [1.807, 2.05) is 6.08 Å². The minimum absolute atomic E-state index is 0.363. The minimum Gasteiger partial charge on any atom is -0.386 e. The van der Waals surface area contributed by atoms with Gasteiger partial charge in [0.15, 0.2) is 0 Å². The lowest BCUT2D eigenvalue weighted by Crippen LogP contribution is -2.27. The van der Waals surface area contributed by atoms with Gasteiger partial charge in [0.05, 0.1) is 0 Å². The predicted molar refractivity (Wildman–Crippen MR) is 141 cm³/mol. The summed E-state index contributed by atoms with van der Waals surface area (Å²) in [5.41, 5.74) is 7.29. The largest absolute Gasteiger partial charge is 0.386 e. The lowest BCUT2D eigenvalue weighted by Gasteiger charge is -2.26. The van der Waals surface area contributed by atoms with Crippen LogP contribution in [0.25, 0.3) is 0 Å². The first-order chi connectivity index (χ1) is 14.7. The maximum absolute atomic E-state index is 4.20. The SMILES string of the molecule is C=C/C(C)=C(/CCc1ccc(CC(C)NC(=C)CCCCC)cc1)CC(C)(C)CCC. The molecule has 174 valence electrons. The van der Waals surface area contributed by atoms with Gasteiger partial charge in [0.1, 0.15) is 0 Å². The standard InChI is InChI=1S/C30H49N/c1-9-12-13-14-25(5)31-26(6)22-28-17-15-27(16-18-28)19-20-29(24(4)11-3)23-30(7,8)21-10-2/h11,15-18,26,31H,3,5,9-10,12-14,19-23H2,1-2,4,6-8H3/b29-24-. The van der Waals surface area contributed by atoms with E-state index >= 15 is 0 Å². The Kier molecular flexibility index (Phi) is 12.6. The van der Waals surface area contributed by atoms with Gasteiger partial charge >= 0.3 is 0 Å². The van der Waals surface area contributed by atoms with Crippen molar-refractivity contribution in [2.75, 3.05) is 0 Å². The third kappa shape index (κ3) is 11.4. The van der Waals surface area contributed by atoms with Crippen LogP contribution < -0.4 is 5.32 Å². The third-order valence-corrected chi connectivity index (χ3v) is 6.30. The molecule has 0 bridgehead atoms. The van der Waals surface area contributed by atoms with E-state index < -0.39 is 0 Å². The topological polar surface area (TPSA) is 12.0 Å². The van der Waals surface area contributed by atoms with Gasteiger partial charge < -0.3 is 5.32 Å². The van der Waals surface area contributed by atoms with E-state index in [4.69, 9.17) is 0 Å². The Hall–Kier alpha value is -1.76. The number of unbranched alkanes of at least 4 members (excludes halogenated alkanes) is 2. The molecule has 0 amide bonds. The highest BCUT2D eigenvalue weighted by molar-refractivity contribution is 5.27. The van der Waals surface area contributed by atoms with E-state index in [9.17, 15) is 0 Å². The van der Waals surface area contributed by atoms with Gasteiger partial charge in [-0.3, -0.25) is 0 Å². The molecule has 1 unspecified atom stereocenters. The molecule has 0 saturated carbocycles. The van der Waals surface area contributed by atoms with E-state index in [2.05, 4.69) is 84.3 Å². The minimum atomic E-state index is 0.363. The number of allylic oxidation sites excluding steroid dienone is 4. The third-order valence-electron chi connectivity index (χ3n) is 6.30. The van der Waals surface area contributed by atoms with Crippen LogP contribution in [-0.2, 0) is 12.8 Å². The molecule has 1 N–H and O–H groups in total. The number of rotatable bonds is 16. The fourth-order valence-electron chi connectivity index (χ4n) is 4.46. The summed E-state index contributed by atoms with van der Waals surface area (Å²) in [6, 6.07) is 9.66. The molecular weight excluding hydrogens is 374 g/mol. The van der Waals surface area contributed by atoms with Gasteiger partial charge in [-0.1, -0.05) is 102 Å². The summed E-state index contributed by atoms with van der Waals surface area (Å²) >= 11 is 0. The Bertz CT molecular complexity index is 690. The van der Waals surface area contributed by atoms with Gasteiger partial charge in [-0.25, -0.2) is 0 Å². The highest BCUT2D eigenvalue weighted by Crippen LogP contribution is 2.33. The molecule has 1 aromatic rings. The Morgan fingerprint density at radius 1 is 1.03 bits per heavy atom. The van der Waals surface area contributed by atoms with Crippen molar-refractivity contribution in [3.05, 3.63) is 71.5 Å². The number of nitrogens with one attached hydrogen (secondary N) is 1. The number of hydrogen-bond donors (Lipinski definition) is 1. The molecule has 1 aromatic carbocycles. The maximum Gasteiger partial charge on any atom is 0.0270 e. The van der Waals surface area contributed by atoms with Gasteiger partial charge in [-0.15, -0.1) is 0 Å². The van der Waals surface area contributed by atoms with Crippen LogP contribution in [0.1, 0.15) is 104 Å². The Morgan fingerprint density at radius 2 is 1.68 bits per heavy atom. The van der Waals surface area contributed by atoms with E-state index in [1.54, 1.807) is 5.57 Å². The molecular formula is C30H49N. The molecule has 1 nitrogen and oxygen atoms in total. The molecule has 1 atom stereocenters. The summed E-state index contributed by atoms with van der Waals surface area (Å²) in [5, 5.41) is 3.58. The first-order valence-electron chi connectivity index (χ1n) is 12.5. The molecule has 0 aliphatic heterocycles. The molecule has 0 spiro atoms. The first-order valence-corrected chi connectivity index (χ1v) is 12.5. The van der Waals surface area contributed by atoms with Gasteiger partial charge in [0, 0.05) is 11.7 Å². The van der Waals surface area contributed by atoms with Crippen molar-refractivity contribution in [2.45, 2.75) is 112 Å². The van der Waals surface area contributed by atoms with Crippen molar-refractivity contribution in [2.24, 2.45) is 5.41 Å². The van der Waals surface area contributed by atoms with E-state index in [0.717, 1.165) is 25.7 Å². The van der Waals surface area contributed by atoms with Crippen molar-refractivity contribution in [1.29, 1.82) is 0 Å². The van der Waals surface area contributed by atoms with Crippen molar-refractivity contribution >= 4 is 0 Å². The summed E-state index contributed by atoms with van der Waals surface area (Å²) in [5.74, 6) is 0. The number of hydrogen-bond acceptors (Lipinski definition) is 1. The summed E-state index contributed by atoms with van der Waals surface area (Å²) < 4.78 is 0. The quantitative estimate of drug-likeness (QED) is 0.207. The predicted octanol–water partition coefficient (Wildman–Crippen LogP) is 8.95. The molecule has 1 rings (SSSR count). The molecule has 0 fully saturated rings. The second-order valence-corrected chi connectivity index (χ2v) is 10.2. The Balaban J connectivity index is 2.60. The highest BCUT2D eigenvalue weighted by atomic mass is 14.9. The lowest BCUT2D eigenvalue weighted by molar-refractivity contribution is 0.324. The number of benzene rings is 1. The fraction of sp³-hybridized carbons (Fsp3) is 0.600. The molecule has 1 heteroatoms. The van der Waals surface area contributed by atoms with Gasteiger partial charge in [-0.05, 0) is 75.3 Å². The molecule has 0 radical (unpaired) electrons. The summed E-state index contributed by atoms with van der Waals surface area (Å²) in [4.78, 5) is 0. The van der Waals surface area contributed by atoms with Crippen LogP contribution in [0, 0.1) is 5.41 Å². The molecule has 31 heavy (non-hydrogen) atoms. The van der Waals surface area contributed by atoms with E-state index in [-0.39, 0.29) is 0 Å². The molecule has 0 aromatic heterocycles. The van der Waals surface area contributed by atoms with Gasteiger partial charge in [0.2, 0.25) is 0 Å². The molecule has 0 aliphatic carbocycles. The van der Waals surface area contributed by atoms with Crippen LogP contribution in [0.2, 0.25) is 0 Å². The van der Waals surface area contributed by atoms with Crippen LogP contribution in [0.3, 0.4) is 0 Å². The smallest absolute Gasteiger partial charge is 0.0270 e. The monoisotopic (exact) mass is 423 g/mol. The normalized spacial score (nSPS) is 13.5. The van der Waals surface area contributed by atoms with Crippen LogP contribution >= 0.6 is 0 Å². The van der Waals surface area contributed by atoms with E-state index in [1.165, 1.54) is 60.9 Å². The van der Waals surface area contributed by atoms with Crippen LogP contribution in [0.15, 0.2) is 60.3 Å². The van der Waals surface area contributed by atoms with Crippen molar-refractivity contribution in [3.8, 4) is 0 Å². The lowest BCUT2D eigenvalue weighted by atomic mass is 9.79. The summed E-state index contributed by atoms with van der Waals surface area (Å²) in [6.45, 7) is 22.0. The van der Waals surface area contributed by atoms with Crippen LogP contribution in [0.5, 0.6) is 0 Å². The summed E-state index contributed by atoms with van der Waals surface area (Å²) in [6.07, 6.45) is 13.9. The Labute approximate surface area is 194 Å². The second kappa shape index (κ2) is 14.3. The Morgan fingerprint density at radius 3 is 2.26 bits per heavy atom. The zero-order valence-electron chi connectivity index (χ0n) is 21.4. The van der Waals surface area contributed by atoms with Crippen molar-refractivity contribution in [3.63, 3.8) is 0 Å². The second-order valence-electron chi connectivity index (χ2n) is 10.2. The van der Waals surface area contributed by atoms with Crippen molar-refractivity contribution < 1.29 is 0 Å². The average Bonchev–Trinajstić information content (AvgIpc) is 2.71. The van der Waals surface area contributed by atoms with Crippen molar-refractivity contribution in [1.82, 2.24) is 5.32 Å². The molecule has 0 saturated heterocycles.